The molecule has 31 heavy (non-hydrogen) atoms. The van der Waals surface area contributed by atoms with E-state index in [1.54, 1.807) is 36.4 Å². The number of carbonyl (C=O) groups is 1. The summed E-state index contributed by atoms with van der Waals surface area (Å²) in [6, 6.07) is 16.7. The van der Waals surface area contributed by atoms with Crippen molar-refractivity contribution in [3.63, 3.8) is 0 Å². The molecule has 1 amide bonds. The van der Waals surface area contributed by atoms with Gasteiger partial charge in [0.05, 0.1) is 11.8 Å². The lowest BCUT2D eigenvalue weighted by molar-refractivity contribution is 0.102. The largest absolute Gasteiger partial charge is 0.491 e. The highest BCUT2D eigenvalue weighted by atomic mass is 19.1. The fourth-order valence-corrected chi connectivity index (χ4v) is 3.11. The lowest BCUT2D eigenvalue weighted by Gasteiger charge is -2.13. The van der Waals surface area contributed by atoms with Gasteiger partial charge in [-0.05, 0) is 80.4 Å². The van der Waals surface area contributed by atoms with Crippen molar-refractivity contribution < 1.29 is 13.9 Å². The van der Waals surface area contributed by atoms with Crippen molar-refractivity contribution in [2.24, 2.45) is 0 Å². The minimum absolute atomic E-state index is 0.0756. The van der Waals surface area contributed by atoms with Crippen LogP contribution in [0.25, 0.3) is 16.7 Å². The van der Waals surface area contributed by atoms with E-state index in [9.17, 15) is 9.18 Å². The number of halogens is 1. The number of nitrogens with zero attached hydrogens (tertiary/aromatic N) is 3. The third kappa shape index (κ3) is 4.55. The van der Waals surface area contributed by atoms with Crippen LogP contribution in [0.2, 0.25) is 0 Å². The maximum absolute atomic E-state index is 13.2. The topological polar surface area (TPSA) is 69.0 Å². The Morgan fingerprint density at radius 3 is 2.52 bits per heavy atom. The summed E-state index contributed by atoms with van der Waals surface area (Å²) in [7, 11) is 0. The molecule has 0 radical (unpaired) electrons. The van der Waals surface area contributed by atoms with E-state index in [4.69, 9.17) is 4.74 Å². The van der Waals surface area contributed by atoms with Gasteiger partial charge in [-0.3, -0.25) is 4.79 Å². The summed E-state index contributed by atoms with van der Waals surface area (Å²) in [5.74, 6) is 0.110. The molecule has 0 aliphatic rings. The summed E-state index contributed by atoms with van der Waals surface area (Å²) in [6.45, 7) is 5.94. The molecule has 1 unspecified atom stereocenters. The summed E-state index contributed by atoms with van der Waals surface area (Å²) >= 11 is 0. The maximum Gasteiger partial charge on any atom is 0.255 e. The van der Waals surface area contributed by atoms with Gasteiger partial charge in [0.1, 0.15) is 22.6 Å². The second-order valence-electron chi connectivity index (χ2n) is 7.44. The van der Waals surface area contributed by atoms with Gasteiger partial charge in [-0.2, -0.15) is 4.80 Å². The van der Waals surface area contributed by atoms with Crippen LogP contribution in [-0.4, -0.2) is 27.0 Å². The van der Waals surface area contributed by atoms with Crippen molar-refractivity contribution >= 4 is 22.6 Å². The monoisotopic (exact) mass is 418 g/mol. The average molecular weight is 418 g/mol. The van der Waals surface area contributed by atoms with Gasteiger partial charge in [-0.15, -0.1) is 10.2 Å². The Bertz CT molecular complexity index is 1230. The number of hydrogen-bond donors (Lipinski definition) is 1. The lowest BCUT2D eigenvalue weighted by atomic mass is 10.1. The van der Waals surface area contributed by atoms with Crippen LogP contribution in [0.1, 0.15) is 36.2 Å². The molecular weight excluding hydrogens is 395 g/mol. The molecule has 1 heterocycles. The van der Waals surface area contributed by atoms with Crippen molar-refractivity contribution in [2.45, 2.75) is 33.3 Å². The molecule has 4 rings (SSSR count). The average Bonchev–Trinajstić information content (AvgIpc) is 3.17. The molecule has 0 aliphatic carbocycles. The molecule has 0 fully saturated rings. The first-order valence-electron chi connectivity index (χ1n) is 10.1. The first-order valence-corrected chi connectivity index (χ1v) is 10.1. The molecule has 4 aromatic rings. The van der Waals surface area contributed by atoms with Crippen LogP contribution in [-0.2, 0) is 0 Å². The van der Waals surface area contributed by atoms with Crippen molar-refractivity contribution in [3.05, 3.63) is 77.6 Å². The van der Waals surface area contributed by atoms with E-state index in [0.29, 0.717) is 33.7 Å². The van der Waals surface area contributed by atoms with Crippen LogP contribution in [0.4, 0.5) is 10.1 Å². The van der Waals surface area contributed by atoms with Crippen LogP contribution in [0, 0.1) is 12.7 Å². The number of fused-ring (bicyclic) bond motifs is 1. The summed E-state index contributed by atoms with van der Waals surface area (Å²) < 4.78 is 19.0. The highest BCUT2D eigenvalue weighted by molar-refractivity contribution is 6.05. The number of aryl methyl sites for hydroxylation is 1. The van der Waals surface area contributed by atoms with E-state index in [2.05, 4.69) is 15.5 Å². The zero-order valence-electron chi connectivity index (χ0n) is 17.6. The first kappa shape index (κ1) is 20.5. The molecule has 0 saturated heterocycles. The predicted octanol–water partition coefficient (Wildman–Crippen LogP) is 5.30. The third-order valence-electron chi connectivity index (χ3n) is 5.04. The Morgan fingerprint density at radius 2 is 1.81 bits per heavy atom. The maximum atomic E-state index is 13.2. The van der Waals surface area contributed by atoms with E-state index in [-0.39, 0.29) is 17.8 Å². The molecule has 1 atom stereocenters. The van der Waals surface area contributed by atoms with E-state index in [0.717, 1.165) is 12.0 Å². The number of amides is 1. The highest BCUT2D eigenvalue weighted by Gasteiger charge is 2.13. The number of ether oxygens (including phenoxy) is 1. The molecule has 6 nitrogen and oxygen atoms in total. The van der Waals surface area contributed by atoms with Gasteiger partial charge >= 0.3 is 0 Å². The van der Waals surface area contributed by atoms with E-state index >= 15 is 0 Å². The normalized spacial score (nSPS) is 12.0. The summed E-state index contributed by atoms with van der Waals surface area (Å²) in [6.07, 6.45) is 0.959. The van der Waals surface area contributed by atoms with Crippen molar-refractivity contribution in [2.75, 3.05) is 5.32 Å². The third-order valence-corrected chi connectivity index (χ3v) is 5.04. The number of anilines is 1. The Kier molecular flexibility index (Phi) is 5.66. The van der Waals surface area contributed by atoms with Crippen molar-refractivity contribution in [1.29, 1.82) is 0 Å². The minimum Gasteiger partial charge on any atom is -0.491 e. The van der Waals surface area contributed by atoms with E-state index in [1.807, 2.05) is 32.9 Å². The summed E-state index contributed by atoms with van der Waals surface area (Å²) in [5.41, 5.74) is 3.98. The Balaban J connectivity index is 1.58. The van der Waals surface area contributed by atoms with Crippen LogP contribution in [0.3, 0.4) is 0 Å². The molecule has 0 bridgehead atoms. The van der Waals surface area contributed by atoms with Gasteiger partial charge in [0.15, 0.2) is 0 Å². The van der Waals surface area contributed by atoms with Gasteiger partial charge in [-0.1, -0.05) is 13.0 Å². The van der Waals surface area contributed by atoms with Crippen molar-refractivity contribution in [3.8, 4) is 11.4 Å². The second kappa shape index (κ2) is 8.55. The van der Waals surface area contributed by atoms with Gasteiger partial charge in [0.25, 0.3) is 5.91 Å². The van der Waals surface area contributed by atoms with Crippen molar-refractivity contribution in [1.82, 2.24) is 15.0 Å². The Morgan fingerprint density at radius 1 is 1.10 bits per heavy atom. The molecule has 0 saturated carbocycles. The second-order valence-corrected chi connectivity index (χ2v) is 7.44. The molecule has 3 aromatic carbocycles. The van der Waals surface area contributed by atoms with Crippen LogP contribution < -0.4 is 10.1 Å². The molecule has 1 N–H and O–H groups in total. The van der Waals surface area contributed by atoms with Gasteiger partial charge < -0.3 is 10.1 Å². The fraction of sp³-hybridized carbons (Fsp3) is 0.208. The van der Waals surface area contributed by atoms with Gasteiger partial charge in [0.2, 0.25) is 0 Å². The standard InChI is InChI=1S/C24H23FN4O2/c1-4-16(3)31-20-7-5-6-17(13-20)24(30)26-21-14-23-22(12-15(21)2)27-29(28-23)19-10-8-18(25)9-11-19/h5-14,16H,4H2,1-3H3,(H,26,30). The zero-order valence-corrected chi connectivity index (χ0v) is 17.6. The fourth-order valence-electron chi connectivity index (χ4n) is 3.11. The number of rotatable bonds is 6. The van der Waals surface area contributed by atoms with E-state index < -0.39 is 0 Å². The number of carbonyl (C=O) groups excluding carboxylic acids is 1. The smallest absolute Gasteiger partial charge is 0.255 e. The highest BCUT2D eigenvalue weighted by Crippen LogP contribution is 2.24. The lowest BCUT2D eigenvalue weighted by Crippen LogP contribution is -2.14. The minimum atomic E-state index is -0.320. The molecule has 1 aromatic heterocycles. The van der Waals surface area contributed by atoms with Crippen LogP contribution in [0.15, 0.2) is 60.7 Å². The molecule has 7 heteroatoms. The number of hydrogen-bond acceptors (Lipinski definition) is 4. The predicted molar refractivity (Wildman–Crippen MR) is 118 cm³/mol. The number of benzene rings is 3. The first-order chi connectivity index (χ1) is 14.9. The Labute approximate surface area is 179 Å². The SMILES string of the molecule is CCC(C)Oc1cccc(C(=O)Nc2cc3nn(-c4ccc(F)cc4)nc3cc2C)c1. The molecular formula is C24H23FN4O2. The quantitative estimate of drug-likeness (QED) is 0.461. The summed E-state index contributed by atoms with van der Waals surface area (Å²) in [4.78, 5) is 14.3. The molecule has 0 spiro atoms. The van der Waals surface area contributed by atoms with Crippen LogP contribution >= 0.6 is 0 Å². The van der Waals surface area contributed by atoms with Gasteiger partial charge in [0, 0.05) is 11.3 Å². The summed E-state index contributed by atoms with van der Waals surface area (Å²) in [5, 5.41) is 11.9. The Hall–Kier alpha value is -3.74. The number of aromatic nitrogens is 3. The molecule has 0 aliphatic heterocycles. The van der Waals surface area contributed by atoms with Gasteiger partial charge in [-0.25, -0.2) is 4.39 Å². The zero-order chi connectivity index (χ0) is 22.0. The number of nitrogens with one attached hydrogen (secondary N) is 1. The molecule has 158 valence electrons. The van der Waals surface area contributed by atoms with Crippen LogP contribution in [0.5, 0.6) is 5.75 Å². The van der Waals surface area contributed by atoms with E-state index in [1.165, 1.54) is 16.9 Å².